The number of ether oxygens (including phenoxy) is 1. The maximum Gasteiger partial charge on any atom is 0.404 e. The van der Waals surface area contributed by atoms with Gasteiger partial charge >= 0.3 is 11.9 Å². The summed E-state index contributed by atoms with van der Waals surface area (Å²) in [5.41, 5.74) is 0.434. The number of cyclic esters (lactones) is 1. The topological polar surface area (TPSA) is 46.6 Å². The van der Waals surface area contributed by atoms with Gasteiger partial charge < -0.3 is 4.74 Å². The van der Waals surface area contributed by atoms with Crippen LogP contribution >= 0.6 is 23.2 Å². The minimum Gasteiger partial charge on any atom is -0.402 e. The Bertz CT molecular complexity index is 540. The highest BCUT2D eigenvalue weighted by molar-refractivity contribution is 6.43. The lowest BCUT2D eigenvalue weighted by Crippen LogP contribution is -2.25. The van der Waals surface area contributed by atoms with Gasteiger partial charge in [0.1, 0.15) is 0 Å². The van der Waals surface area contributed by atoms with Gasteiger partial charge in [0, 0.05) is 0 Å². The van der Waals surface area contributed by atoms with Crippen LogP contribution in [0, 0.1) is 0 Å². The van der Waals surface area contributed by atoms with E-state index in [9.17, 15) is 9.59 Å². The summed E-state index contributed by atoms with van der Waals surface area (Å²) >= 11 is 11.6. The Hall–Kier alpha value is -1.52. The summed E-state index contributed by atoms with van der Waals surface area (Å²) in [6.45, 7) is 1.66. The van der Waals surface area contributed by atoms with Gasteiger partial charge in [-0.15, -0.1) is 0 Å². The number of esters is 1. The van der Waals surface area contributed by atoms with Gasteiger partial charge in [0.05, 0.1) is 15.7 Å². The van der Waals surface area contributed by atoms with E-state index in [0.29, 0.717) is 15.7 Å². The minimum absolute atomic E-state index is 0.165. The Morgan fingerprint density at radius 3 is 2.53 bits per heavy atom. The lowest BCUT2D eigenvalue weighted by atomic mass is 10.3. The first-order valence-electron chi connectivity index (χ1n) is 4.72. The van der Waals surface area contributed by atoms with Gasteiger partial charge in [0.2, 0.25) is 5.88 Å². The molecule has 1 aromatic carbocycles. The van der Waals surface area contributed by atoms with Crippen LogP contribution in [0.15, 0.2) is 30.2 Å². The number of rotatable bonds is 1. The molecule has 17 heavy (non-hydrogen) atoms. The predicted octanol–water partition coefficient (Wildman–Crippen LogP) is 2.74. The average molecular weight is 272 g/mol. The summed E-state index contributed by atoms with van der Waals surface area (Å²) in [5, 5.41) is 0.670. The molecule has 1 saturated heterocycles. The van der Waals surface area contributed by atoms with Gasteiger partial charge in [0.15, 0.2) is 0 Å². The molecule has 1 aliphatic rings. The van der Waals surface area contributed by atoms with Crippen molar-refractivity contribution in [3.8, 4) is 0 Å². The molecule has 1 fully saturated rings. The van der Waals surface area contributed by atoms with E-state index in [1.54, 1.807) is 19.1 Å². The third-order valence-corrected chi connectivity index (χ3v) is 2.94. The van der Waals surface area contributed by atoms with E-state index < -0.39 is 11.9 Å². The summed E-state index contributed by atoms with van der Waals surface area (Å²) in [6.07, 6.45) is 1.52. The van der Waals surface area contributed by atoms with Crippen molar-refractivity contribution in [1.82, 2.24) is 0 Å². The molecule has 1 heterocycles. The second-order valence-corrected chi connectivity index (χ2v) is 4.07. The molecule has 1 amide bonds. The number of nitrogens with zero attached hydrogens (tertiary/aromatic N) is 1. The van der Waals surface area contributed by atoms with E-state index in [1.165, 1.54) is 12.1 Å². The van der Waals surface area contributed by atoms with Gasteiger partial charge in [-0.3, -0.25) is 4.79 Å². The van der Waals surface area contributed by atoms with Crippen LogP contribution in [0.5, 0.6) is 0 Å². The fraction of sp³-hybridized carbons (Fsp3) is 0.0909. The SMILES string of the molecule is C/C=C1/OC(=O)C(=O)N1c1ccc(Cl)c(Cl)c1. The molecule has 0 atom stereocenters. The predicted molar refractivity (Wildman–Crippen MR) is 63.8 cm³/mol. The quantitative estimate of drug-likeness (QED) is 0.583. The van der Waals surface area contributed by atoms with E-state index in [0.717, 1.165) is 4.90 Å². The molecule has 0 radical (unpaired) electrons. The van der Waals surface area contributed by atoms with Crippen LogP contribution in [-0.4, -0.2) is 11.9 Å². The van der Waals surface area contributed by atoms with Crippen molar-refractivity contribution in [3.63, 3.8) is 0 Å². The third kappa shape index (κ3) is 2.01. The Labute approximate surface area is 107 Å². The number of hydrogen-bond acceptors (Lipinski definition) is 3. The van der Waals surface area contributed by atoms with Crippen LogP contribution in [0.1, 0.15) is 6.92 Å². The van der Waals surface area contributed by atoms with Crippen molar-refractivity contribution in [3.05, 3.63) is 40.2 Å². The molecule has 0 saturated carbocycles. The highest BCUT2D eigenvalue weighted by atomic mass is 35.5. The van der Waals surface area contributed by atoms with E-state index in [-0.39, 0.29) is 5.88 Å². The molecule has 1 aliphatic heterocycles. The Kier molecular flexibility index (Phi) is 3.09. The van der Waals surface area contributed by atoms with Crippen LogP contribution in [0.4, 0.5) is 5.69 Å². The van der Waals surface area contributed by atoms with Crippen LogP contribution in [0.2, 0.25) is 10.0 Å². The smallest absolute Gasteiger partial charge is 0.402 e. The fourth-order valence-electron chi connectivity index (χ4n) is 1.43. The molecule has 6 heteroatoms. The third-order valence-electron chi connectivity index (χ3n) is 2.20. The summed E-state index contributed by atoms with van der Waals surface area (Å²) < 4.78 is 4.78. The highest BCUT2D eigenvalue weighted by Gasteiger charge is 2.37. The molecule has 88 valence electrons. The Balaban J connectivity index is 2.48. The Morgan fingerprint density at radius 1 is 1.24 bits per heavy atom. The van der Waals surface area contributed by atoms with Crippen molar-refractivity contribution >= 4 is 40.8 Å². The average Bonchev–Trinajstić information content (AvgIpc) is 2.59. The fourth-order valence-corrected chi connectivity index (χ4v) is 1.72. The lowest BCUT2D eigenvalue weighted by Gasteiger charge is -2.14. The molecule has 2 rings (SSSR count). The van der Waals surface area contributed by atoms with Crippen molar-refractivity contribution < 1.29 is 14.3 Å². The van der Waals surface area contributed by atoms with Crippen molar-refractivity contribution in [1.29, 1.82) is 0 Å². The number of anilines is 1. The zero-order valence-corrected chi connectivity index (χ0v) is 10.2. The van der Waals surface area contributed by atoms with Crippen molar-refractivity contribution in [2.24, 2.45) is 0 Å². The molecule has 0 bridgehead atoms. The number of allylic oxidation sites excluding steroid dienone is 1. The van der Waals surface area contributed by atoms with Gasteiger partial charge in [-0.2, -0.15) is 0 Å². The molecule has 0 aromatic heterocycles. The van der Waals surface area contributed by atoms with Crippen LogP contribution in [-0.2, 0) is 14.3 Å². The summed E-state index contributed by atoms with van der Waals surface area (Å²) in [5.74, 6) is -1.50. The first-order valence-corrected chi connectivity index (χ1v) is 5.48. The monoisotopic (exact) mass is 271 g/mol. The number of halogens is 2. The molecule has 0 spiro atoms. The second kappa shape index (κ2) is 4.39. The number of benzene rings is 1. The van der Waals surface area contributed by atoms with E-state index in [1.807, 2.05) is 0 Å². The highest BCUT2D eigenvalue weighted by Crippen LogP contribution is 2.31. The lowest BCUT2D eigenvalue weighted by molar-refractivity contribution is -0.145. The van der Waals surface area contributed by atoms with E-state index >= 15 is 0 Å². The zero-order valence-electron chi connectivity index (χ0n) is 8.74. The van der Waals surface area contributed by atoms with Crippen LogP contribution < -0.4 is 4.90 Å². The normalized spacial score (nSPS) is 17.8. The van der Waals surface area contributed by atoms with Gasteiger partial charge in [-0.05, 0) is 31.2 Å². The van der Waals surface area contributed by atoms with Gasteiger partial charge in [-0.1, -0.05) is 23.2 Å². The van der Waals surface area contributed by atoms with Gasteiger partial charge in [-0.25, -0.2) is 9.69 Å². The number of carbonyl (C=O) groups excluding carboxylic acids is 2. The molecule has 0 unspecified atom stereocenters. The first kappa shape index (κ1) is 12.0. The summed E-state index contributed by atoms with van der Waals surface area (Å²) in [7, 11) is 0. The molecule has 0 N–H and O–H groups in total. The number of carbonyl (C=O) groups is 2. The maximum atomic E-state index is 11.6. The van der Waals surface area contributed by atoms with Crippen molar-refractivity contribution in [2.45, 2.75) is 6.92 Å². The maximum absolute atomic E-state index is 11.6. The molecule has 0 aliphatic carbocycles. The number of amides is 1. The Morgan fingerprint density at radius 2 is 1.94 bits per heavy atom. The first-order chi connectivity index (χ1) is 8.04. The second-order valence-electron chi connectivity index (χ2n) is 3.26. The summed E-state index contributed by atoms with van der Waals surface area (Å²) in [6, 6.07) is 4.62. The minimum atomic E-state index is -0.913. The zero-order chi connectivity index (χ0) is 12.6. The standard InChI is InChI=1S/C11H7Cl2NO3/c1-2-9-14(10(15)11(16)17-9)6-3-4-7(12)8(13)5-6/h2-5H,1H3/b9-2+. The molecular weight excluding hydrogens is 265 g/mol. The van der Waals surface area contributed by atoms with E-state index in [4.69, 9.17) is 27.9 Å². The van der Waals surface area contributed by atoms with Crippen LogP contribution in [0.3, 0.4) is 0 Å². The largest absolute Gasteiger partial charge is 0.404 e. The molecule has 1 aromatic rings. The van der Waals surface area contributed by atoms with Crippen molar-refractivity contribution in [2.75, 3.05) is 4.90 Å². The van der Waals surface area contributed by atoms with E-state index in [2.05, 4.69) is 0 Å². The molecule has 4 nitrogen and oxygen atoms in total. The summed E-state index contributed by atoms with van der Waals surface area (Å²) in [4.78, 5) is 23.9. The number of hydrogen-bond donors (Lipinski definition) is 0. The van der Waals surface area contributed by atoms with Crippen LogP contribution in [0.25, 0.3) is 0 Å². The molecular formula is C11H7Cl2NO3. The van der Waals surface area contributed by atoms with Gasteiger partial charge in [0.25, 0.3) is 0 Å².